The van der Waals surface area contributed by atoms with Crippen molar-refractivity contribution in [1.82, 2.24) is 5.32 Å². The summed E-state index contributed by atoms with van der Waals surface area (Å²) in [4.78, 5) is 23.1. The average Bonchev–Trinajstić information content (AvgIpc) is 3.23. The molecule has 22 heavy (non-hydrogen) atoms. The van der Waals surface area contributed by atoms with Gasteiger partial charge in [-0.2, -0.15) is 0 Å². The van der Waals surface area contributed by atoms with E-state index >= 15 is 0 Å². The van der Waals surface area contributed by atoms with E-state index in [0.717, 1.165) is 18.8 Å². The Kier molecular flexibility index (Phi) is 4.32. The maximum atomic E-state index is 12.2. The number of carbonyl (C=O) groups excluding carboxylic acids is 1. The van der Waals surface area contributed by atoms with Gasteiger partial charge >= 0.3 is 5.97 Å². The molecule has 1 aromatic rings. The second-order valence-corrected chi connectivity index (χ2v) is 6.30. The molecule has 0 bridgehead atoms. The number of nitrogens with one attached hydrogen (secondary N) is 1. The van der Waals surface area contributed by atoms with Crippen LogP contribution >= 0.6 is 0 Å². The number of hydrogen-bond donors (Lipinski definition) is 2. The van der Waals surface area contributed by atoms with E-state index in [-0.39, 0.29) is 17.9 Å². The van der Waals surface area contributed by atoms with Crippen LogP contribution in [0.1, 0.15) is 42.5 Å². The molecule has 0 radical (unpaired) electrons. The third-order valence-corrected chi connectivity index (χ3v) is 4.42. The van der Waals surface area contributed by atoms with E-state index in [9.17, 15) is 9.59 Å². The second-order valence-electron chi connectivity index (χ2n) is 6.30. The minimum absolute atomic E-state index is 0.0422. The summed E-state index contributed by atoms with van der Waals surface area (Å²) in [6, 6.07) is 7.08. The Labute approximate surface area is 129 Å². The Morgan fingerprint density at radius 2 is 1.86 bits per heavy atom. The van der Waals surface area contributed by atoms with Crippen molar-refractivity contribution in [2.24, 2.45) is 11.8 Å². The predicted molar refractivity (Wildman–Crippen MR) is 80.9 cm³/mol. The second kappa shape index (κ2) is 6.38. The van der Waals surface area contributed by atoms with Gasteiger partial charge in [0.1, 0.15) is 5.75 Å². The lowest BCUT2D eigenvalue weighted by Crippen LogP contribution is -2.33. The fourth-order valence-corrected chi connectivity index (χ4v) is 2.81. The van der Waals surface area contributed by atoms with Gasteiger partial charge in [-0.1, -0.05) is 0 Å². The van der Waals surface area contributed by atoms with Crippen LogP contribution in [-0.4, -0.2) is 29.6 Å². The van der Waals surface area contributed by atoms with Gasteiger partial charge in [0, 0.05) is 11.6 Å². The van der Waals surface area contributed by atoms with Gasteiger partial charge in [-0.15, -0.1) is 0 Å². The summed E-state index contributed by atoms with van der Waals surface area (Å²) in [6.07, 6.45) is 4.38. The Hall–Kier alpha value is -2.04. The zero-order valence-electron chi connectivity index (χ0n) is 12.5. The molecule has 0 aromatic heterocycles. The molecule has 3 rings (SSSR count). The number of ether oxygens (including phenoxy) is 1. The SMILES string of the molecule is O=C(N[C@H]1CC[C@@H](C(=O)O)C1)c1ccc(OCC2CC2)cc1. The first-order valence-corrected chi connectivity index (χ1v) is 7.88. The van der Waals surface area contributed by atoms with Crippen molar-refractivity contribution >= 4 is 11.9 Å². The Bertz CT molecular complexity index is 550. The fraction of sp³-hybridized carbons (Fsp3) is 0.529. The van der Waals surface area contributed by atoms with Gasteiger partial charge in [-0.3, -0.25) is 9.59 Å². The molecule has 2 fully saturated rings. The third-order valence-electron chi connectivity index (χ3n) is 4.42. The molecule has 0 unspecified atom stereocenters. The molecule has 1 aromatic carbocycles. The van der Waals surface area contributed by atoms with Crippen molar-refractivity contribution in [3.63, 3.8) is 0 Å². The first-order chi connectivity index (χ1) is 10.6. The van der Waals surface area contributed by atoms with Gasteiger partial charge in [-0.05, 0) is 62.3 Å². The third kappa shape index (κ3) is 3.78. The molecule has 2 N–H and O–H groups in total. The highest BCUT2D eigenvalue weighted by Gasteiger charge is 2.30. The van der Waals surface area contributed by atoms with E-state index in [1.807, 2.05) is 12.1 Å². The van der Waals surface area contributed by atoms with Crippen molar-refractivity contribution in [3.05, 3.63) is 29.8 Å². The van der Waals surface area contributed by atoms with Crippen LogP contribution in [0.25, 0.3) is 0 Å². The highest BCUT2D eigenvalue weighted by atomic mass is 16.5. The lowest BCUT2D eigenvalue weighted by atomic mass is 10.1. The average molecular weight is 303 g/mol. The highest BCUT2D eigenvalue weighted by Crippen LogP contribution is 2.29. The Morgan fingerprint density at radius 1 is 1.14 bits per heavy atom. The number of aliphatic carboxylic acids is 1. The number of rotatable bonds is 6. The van der Waals surface area contributed by atoms with Gasteiger partial charge in [-0.25, -0.2) is 0 Å². The summed E-state index contributed by atoms with van der Waals surface area (Å²) in [5, 5.41) is 11.9. The Balaban J connectivity index is 1.50. The largest absolute Gasteiger partial charge is 0.493 e. The quantitative estimate of drug-likeness (QED) is 0.846. The molecule has 5 nitrogen and oxygen atoms in total. The van der Waals surface area contributed by atoms with Gasteiger partial charge in [0.25, 0.3) is 5.91 Å². The lowest BCUT2D eigenvalue weighted by Gasteiger charge is -2.13. The molecule has 118 valence electrons. The number of carboxylic acids is 1. The standard InChI is InChI=1S/C17H21NO4/c19-16(18-14-6-3-13(9-14)17(20)21)12-4-7-15(8-5-12)22-10-11-1-2-11/h4-5,7-8,11,13-14H,1-3,6,9-10H2,(H,18,19)(H,20,21)/t13-,14+/m1/s1. The van der Waals surface area contributed by atoms with Gasteiger partial charge in [0.05, 0.1) is 12.5 Å². The summed E-state index contributed by atoms with van der Waals surface area (Å²) in [6.45, 7) is 0.754. The first kappa shape index (κ1) is 14.9. The molecule has 5 heteroatoms. The van der Waals surface area contributed by atoms with Crippen LogP contribution in [0.3, 0.4) is 0 Å². The minimum Gasteiger partial charge on any atom is -0.493 e. The first-order valence-electron chi connectivity index (χ1n) is 7.88. The summed E-state index contributed by atoms with van der Waals surface area (Å²) in [5.41, 5.74) is 0.581. The van der Waals surface area contributed by atoms with Crippen molar-refractivity contribution in [3.8, 4) is 5.75 Å². The van der Waals surface area contributed by atoms with Crippen LogP contribution in [0.5, 0.6) is 5.75 Å². The van der Waals surface area contributed by atoms with Gasteiger partial charge in [0.15, 0.2) is 0 Å². The molecule has 0 heterocycles. The van der Waals surface area contributed by atoms with Gasteiger partial charge in [0.2, 0.25) is 0 Å². The maximum Gasteiger partial charge on any atom is 0.306 e. The summed E-state index contributed by atoms with van der Waals surface area (Å²) in [7, 11) is 0. The van der Waals surface area contributed by atoms with Crippen LogP contribution in [0.15, 0.2) is 24.3 Å². The number of carbonyl (C=O) groups is 2. The molecule has 2 atom stereocenters. The minimum atomic E-state index is -0.770. The van der Waals surface area contributed by atoms with Crippen molar-refractivity contribution < 1.29 is 19.4 Å². The molecular formula is C17H21NO4. The number of carboxylic acid groups (broad SMARTS) is 1. The van der Waals surface area contributed by atoms with E-state index < -0.39 is 5.97 Å². The lowest BCUT2D eigenvalue weighted by molar-refractivity contribution is -0.141. The van der Waals surface area contributed by atoms with Crippen molar-refractivity contribution in [1.29, 1.82) is 0 Å². The van der Waals surface area contributed by atoms with Crippen molar-refractivity contribution in [2.45, 2.75) is 38.1 Å². The summed E-state index contributed by atoms with van der Waals surface area (Å²) >= 11 is 0. The molecule has 0 saturated heterocycles. The molecular weight excluding hydrogens is 282 g/mol. The smallest absolute Gasteiger partial charge is 0.306 e. The highest BCUT2D eigenvalue weighted by molar-refractivity contribution is 5.94. The molecule has 0 spiro atoms. The van der Waals surface area contributed by atoms with E-state index in [0.29, 0.717) is 24.3 Å². The zero-order valence-corrected chi connectivity index (χ0v) is 12.5. The van der Waals surface area contributed by atoms with E-state index in [4.69, 9.17) is 9.84 Å². The normalized spacial score (nSPS) is 24.0. The molecule has 2 aliphatic rings. The van der Waals surface area contributed by atoms with Crippen LogP contribution < -0.4 is 10.1 Å². The monoisotopic (exact) mass is 303 g/mol. The van der Waals surface area contributed by atoms with Gasteiger partial charge < -0.3 is 15.2 Å². The number of amides is 1. The van der Waals surface area contributed by atoms with Crippen LogP contribution in [0.2, 0.25) is 0 Å². The summed E-state index contributed by atoms with van der Waals surface area (Å²) in [5.74, 6) is 0.241. The molecule has 2 aliphatic carbocycles. The predicted octanol–water partition coefficient (Wildman–Crippen LogP) is 2.46. The van der Waals surface area contributed by atoms with Crippen LogP contribution in [0, 0.1) is 11.8 Å². The van der Waals surface area contributed by atoms with Crippen molar-refractivity contribution in [2.75, 3.05) is 6.61 Å². The molecule has 1 amide bonds. The molecule has 0 aliphatic heterocycles. The molecule has 2 saturated carbocycles. The maximum absolute atomic E-state index is 12.2. The van der Waals surface area contributed by atoms with E-state index in [2.05, 4.69) is 5.32 Å². The zero-order chi connectivity index (χ0) is 15.5. The fourth-order valence-electron chi connectivity index (χ4n) is 2.81. The Morgan fingerprint density at radius 3 is 2.45 bits per heavy atom. The van der Waals surface area contributed by atoms with E-state index in [1.165, 1.54) is 12.8 Å². The van der Waals surface area contributed by atoms with Crippen LogP contribution in [0.4, 0.5) is 0 Å². The summed E-state index contributed by atoms with van der Waals surface area (Å²) < 4.78 is 5.64. The number of hydrogen-bond acceptors (Lipinski definition) is 3. The van der Waals surface area contributed by atoms with Crippen LogP contribution in [-0.2, 0) is 4.79 Å². The van der Waals surface area contributed by atoms with E-state index in [1.54, 1.807) is 12.1 Å². The topological polar surface area (TPSA) is 75.6 Å². The number of benzene rings is 1.